The Hall–Kier alpha value is -2.44. The lowest BCUT2D eigenvalue weighted by Crippen LogP contribution is -2.38. The summed E-state index contributed by atoms with van der Waals surface area (Å²) in [7, 11) is 0. The van der Waals surface area contributed by atoms with Gasteiger partial charge in [-0.1, -0.05) is 0 Å². The monoisotopic (exact) mass is 381 g/mol. The first-order valence-electron chi connectivity index (χ1n) is 10.6. The molecule has 2 fully saturated rings. The van der Waals surface area contributed by atoms with Gasteiger partial charge < -0.3 is 14.2 Å². The Labute approximate surface area is 165 Å². The Morgan fingerprint density at radius 2 is 1.93 bits per heavy atom. The number of aryl methyl sites for hydroxylation is 1. The van der Waals surface area contributed by atoms with E-state index in [4.69, 9.17) is 4.74 Å². The maximum Gasteiger partial charge on any atom is 0.255 e. The van der Waals surface area contributed by atoms with Gasteiger partial charge in [-0.15, -0.1) is 10.2 Å². The van der Waals surface area contributed by atoms with Gasteiger partial charge in [-0.25, -0.2) is 4.98 Å². The second kappa shape index (κ2) is 7.53. The number of nitrogens with zero attached hydrogens (tertiary/aromatic N) is 5. The molecule has 1 saturated carbocycles. The highest BCUT2D eigenvalue weighted by atomic mass is 16.5. The number of ether oxygens (including phenoxy) is 1. The first-order valence-corrected chi connectivity index (χ1v) is 10.6. The van der Waals surface area contributed by atoms with Crippen LogP contribution in [0.2, 0.25) is 0 Å². The van der Waals surface area contributed by atoms with Crippen LogP contribution in [-0.2, 0) is 13.0 Å². The second-order valence-corrected chi connectivity index (χ2v) is 8.29. The van der Waals surface area contributed by atoms with E-state index >= 15 is 0 Å². The highest BCUT2D eigenvalue weighted by Gasteiger charge is 2.29. The van der Waals surface area contributed by atoms with Gasteiger partial charge in [-0.05, 0) is 50.5 Å². The summed E-state index contributed by atoms with van der Waals surface area (Å²) in [4.78, 5) is 19.1. The van der Waals surface area contributed by atoms with Gasteiger partial charge in [-0.2, -0.15) is 0 Å². The number of carbonyl (C=O) groups excluding carboxylic acids is 1. The fourth-order valence-electron chi connectivity index (χ4n) is 4.24. The topological polar surface area (TPSA) is 73.1 Å². The van der Waals surface area contributed by atoms with Crippen molar-refractivity contribution in [3.05, 3.63) is 35.5 Å². The minimum atomic E-state index is 0.0583. The number of hydrogen-bond acceptors (Lipinski definition) is 5. The van der Waals surface area contributed by atoms with E-state index in [9.17, 15) is 4.79 Å². The number of likely N-dealkylation sites (tertiary alicyclic amines) is 1. The minimum Gasteiger partial charge on any atom is -0.477 e. The zero-order chi connectivity index (χ0) is 18.9. The van der Waals surface area contributed by atoms with Crippen LogP contribution in [0.4, 0.5) is 0 Å². The van der Waals surface area contributed by atoms with E-state index in [1.54, 1.807) is 6.20 Å². The van der Waals surface area contributed by atoms with Crippen molar-refractivity contribution >= 4 is 5.91 Å². The van der Waals surface area contributed by atoms with Crippen LogP contribution in [0, 0.1) is 5.92 Å². The number of pyridine rings is 1. The van der Waals surface area contributed by atoms with Crippen molar-refractivity contribution in [2.75, 3.05) is 19.7 Å². The average molecular weight is 381 g/mol. The Morgan fingerprint density at radius 3 is 2.68 bits per heavy atom. The molecule has 0 unspecified atom stereocenters. The number of fused-ring (bicyclic) bond motifs is 1. The number of amides is 1. The summed E-state index contributed by atoms with van der Waals surface area (Å²) in [5, 5.41) is 8.86. The van der Waals surface area contributed by atoms with Gasteiger partial charge in [0.2, 0.25) is 5.88 Å². The molecule has 2 aromatic rings. The average Bonchev–Trinajstić information content (AvgIpc) is 3.49. The SMILES string of the molecule is O=C(c1ccc(OCC2CC2)nc1)N1CCC(c2nnc3n2CCCC3)CC1. The molecule has 0 aromatic carbocycles. The smallest absolute Gasteiger partial charge is 0.255 e. The van der Waals surface area contributed by atoms with E-state index in [1.165, 1.54) is 25.7 Å². The van der Waals surface area contributed by atoms with E-state index in [0.29, 0.717) is 23.3 Å². The molecular formula is C21H27N5O2. The Morgan fingerprint density at radius 1 is 1.07 bits per heavy atom. The maximum absolute atomic E-state index is 12.8. The van der Waals surface area contributed by atoms with Crippen LogP contribution in [0.5, 0.6) is 5.88 Å². The molecule has 0 bridgehead atoms. The standard InChI is InChI=1S/C21H27N5O2/c27-21(17-6-7-19(22-13-17)28-14-15-4-5-15)25-11-8-16(9-12-25)20-24-23-18-3-1-2-10-26(18)20/h6-7,13,15-16H,1-5,8-12,14H2. The zero-order valence-electron chi connectivity index (χ0n) is 16.2. The van der Waals surface area contributed by atoms with E-state index in [2.05, 4.69) is 19.7 Å². The summed E-state index contributed by atoms with van der Waals surface area (Å²) in [6, 6.07) is 3.64. The molecule has 4 heterocycles. The predicted molar refractivity (Wildman–Crippen MR) is 103 cm³/mol. The third-order valence-corrected chi connectivity index (χ3v) is 6.18. The molecule has 28 heavy (non-hydrogen) atoms. The fraction of sp³-hybridized carbons (Fsp3) is 0.619. The van der Waals surface area contributed by atoms with Crippen LogP contribution in [-0.4, -0.2) is 50.3 Å². The van der Waals surface area contributed by atoms with Crippen LogP contribution in [0.25, 0.3) is 0 Å². The summed E-state index contributed by atoms with van der Waals surface area (Å²) in [6.45, 7) is 3.29. The lowest BCUT2D eigenvalue weighted by Gasteiger charge is -2.32. The predicted octanol–water partition coefficient (Wildman–Crippen LogP) is 2.82. The van der Waals surface area contributed by atoms with Gasteiger partial charge in [0, 0.05) is 44.2 Å². The van der Waals surface area contributed by atoms with Crippen LogP contribution in [0.3, 0.4) is 0 Å². The highest BCUT2D eigenvalue weighted by Crippen LogP contribution is 2.30. The first-order chi connectivity index (χ1) is 13.8. The Bertz CT molecular complexity index is 835. The normalized spacial score (nSPS) is 20.1. The number of rotatable bonds is 5. The van der Waals surface area contributed by atoms with Crippen molar-refractivity contribution in [1.29, 1.82) is 0 Å². The van der Waals surface area contributed by atoms with Gasteiger partial charge in [0.1, 0.15) is 11.6 Å². The van der Waals surface area contributed by atoms with Crippen molar-refractivity contribution in [1.82, 2.24) is 24.6 Å². The zero-order valence-corrected chi connectivity index (χ0v) is 16.2. The molecule has 7 nitrogen and oxygen atoms in total. The van der Waals surface area contributed by atoms with Crippen molar-refractivity contribution in [2.45, 2.75) is 57.4 Å². The second-order valence-electron chi connectivity index (χ2n) is 8.29. The van der Waals surface area contributed by atoms with Gasteiger partial charge in [0.15, 0.2) is 0 Å². The molecule has 2 aromatic heterocycles. The third-order valence-electron chi connectivity index (χ3n) is 6.18. The van der Waals surface area contributed by atoms with Crippen molar-refractivity contribution in [3.8, 4) is 5.88 Å². The molecule has 2 aliphatic heterocycles. The molecule has 0 spiro atoms. The molecule has 0 N–H and O–H groups in total. The van der Waals surface area contributed by atoms with Crippen molar-refractivity contribution < 1.29 is 9.53 Å². The molecule has 1 saturated heterocycles. The summed E-state index contributed by atoms with van der Waals surface area (Å²) in [6.07, 6.45) is 9.50. The van der Waals surface area contributed by atoms with Crippen LogP contribution in [0.15, 0.2) is 18.3 Å². The van der Waals surface area contributed by atoms with E-state index < -0.39 is 0 Å². The minimum absolute atomic E-state index is 0.0583. The molecule has 1 aliphatic carbocycles. The van der Waals surface area contributed by atoms with Crippen LogP contribution in [0.1, 0.15) is 66.4 Å². The van der Waals surface area contributed by atoms with Crippen molar-refractivity contribution in [2.24, 2.45) is 5.92 Å². The lowest BCUT2D eigenvalue weighted by molar-refractivity contribution is 0.0709. The molecular weight excluding hydrogens is 354 g/mol. The van der Waals surface area contributed by atoms with Gasteiger partial charge in [0.25, 0.3) is 5.91 Å². The summed E-state index contributed by atoms with van der Waals surface area (Å²) < 4.78 is 7.98. The molecule has 148 valence electrons. The number of carbonyl (C=O) groups is 1. The Balaban J connectivity index is 1.18. The maximum atomic E-state index is 12.8. The van der Waals surface area contributed by atoms with Crippen molar-refractivity contribution in [3.63, 3.8) is 0 Å². The van der Waals surface area contributed by atoms with E-state index in [0.717, 1.165) is 57.2 Å². The lowest BCUT2D eigenvalue weighted by atomic mass is 9.95. The Kier molecular flexibility index (Phi) is 4.74. The molecule has 1 amide bonds. The number of aromatic nitrogens is 4. The molecule has 7 heteroatoms. The third kappa shape index (κ3) is 3.62. The number of piperidine rings is 1. The van der Waals surface area contributed by atoms with E-state index in [1.807, 2.05) is 17.0 Å². The summed E-state index contributed by atoms with van der Waals surface area (Å²) in [5.41, 5.74) is 0.636. The summed E-state index contributed by atoms with van der Waals surface area (Å²) >= 11 is 0. The first kappa shape index (κ1) is 17.6. The molecule has 5 rings (SSSR count). The van der Waals surface area contributed by atoms with Gasteiger partial charge in [-0.3, -0.25) is 4.79 Å². The molecule has 3 aliphatic rings. The molecule has 0 radical (unpaired) electrons. The van der Waals surface area contributed by atoms with Crippen LogP contribution < -0.4 is 4.74 Å². The van der Waals surface area contributed by atoms with E-state index in [-0.39, 0.29) is 5.91 Å². The highest BCUT2D eigenvalue weighted by molar-refractivity contribution is 5.94. The van der Waals surface area contributed by atoms with Gasteiger partial charge in [0.05, 0.1) is 12.2 Å². The van der Waals surface area contributed by atoms with Gasteiger partial charge >= 0.3 is 0 Å². The van der Waals surface area contributed by atoms with Crippen LogP contribution >= 0.6 is 0 Å². The fourth-order valence-corrected chi connectivity index (χ4v) is 4.24. The summed E-state index contributed by atoms with van der Waals surface area (Å²) in [5.74, 6) is 4.03. The largest absolute Gasteiger partial charge is 0.477 e. The molecule has 0 atom stereocenters. The quantitative estimate of drug-likeness (QED) is 0.796. The number of hydrogen-bond donors (Lipinski definition) is 0.